The summed E-state index contributed by atoms with van der Waals surface area (Å²) in [6.45, 7) is 4.92. The lowest BCUT2D eigenvalue weighted by Gasteiger charge is -2.34. The lowest BCUT2D eigenvalue weighted by molar-refractivity contribution is -0.141. The largest absolute Gasteiger partial charge is 0.481 e. The van der Waals surface area contributed by atoms with E-state index in [1.54, 1.807) is 7.05 Å². The highest BCUT2D eigenvalue weighted by molar-refractivity contribution is 6.33. The lowest BCUT2D eigenvalue weighted by Crippen LogP contribution is -2.45. The van der Waals surface area contributed by atoms with Crippen molar-refractivity contribution in [3.05, 3.63) is 15.9 Å². The molecule has 0 amide bonds. The van der Waals surface area contributed by atoms with Gasteiger partial charge in [0.05, 0.1) is 5.92 Å². The second kappa shape index (κ2) is 11.7. The maximum atomic E-state index is 11.3. The molecule has 33 heavy (non-hydrogen) atoms. The van der Waals surface area contributed by atoms with E-state index in [1.165, 1.54) is 0 Å². The zero-order chi connectivity index (χ0) is 24.0. The van der Waals surface area contributed by atoms with Crippen LogP contribution in [0.25, 0.3) is 0 Å². The van der Waals surface area contributed by atoms with Crippen molar-refractivity contribution in [3.63, 3.8) is 0 Å². The van der Waals surface area contributed by atoms with E-state index in [4.69, 9.17) is 34.8 Å². The molecule has 2 aliphatic rings. The van der Waals surface area contributed by atoms with Crippen LogP contribution in [0.5, 0.6) is 0 Å². The predicted molar refractivity (Wildman–Crippen MR) is 127 cm³/mol. The fourth-order valence-electron chi connectivity index (χ4n) is 3.42. The molecule has 0 saturated carbocycles. The maximum Gasteiger partial charge on any atom is 0.308 e. The highest BCUT2D eigenvalue weighted by Gasteiger charge is 2.28. The van der Waals surface area contributed by atoms with Crippen LogP contribution >= 0.6 is 34.8 Å². The first-order chi connectivity index (χ1) is 15.7. The summed E-state index contributed by atoms with van der Waals surface area (Å²) in [6.07, 6.45) is 1.54. The monoisotopic (exact) mass is 518 g/mol. The molecule has 0 bridgehead atoms. The second-order valence-electron chi connectivity index (χ2n) is 7.57. The molecule has 2 saturated heterocycles. The summed E-state index contributed by atoms with van der Waals surface area (Å²) in [6, 6.07) is 0. The van der Waals surface area contributed by atoms with Gasteiger partial charge in [-0.15, -0.1) is 0 Å². The van der Waals surface area contributed by atoms with Gasteiger partial charge >= 0.3 is 5.97 Å². The molecule has 0 aromatic carbocycles. The Bertz CT molecular complexity index is 911. The van der Waals surface area contributed by atoms with E-state index < -0.39 is 5.97 Å². The van der Waals surface area contributed by atoms with Crippen LogP contribution in [0, 0.1) is 5.92 Å². The Morgan fingerprint density at radius 3 is 1.94 bits per heavy atom. The molecule has 2 fully saturated rings. The zero-order valence-electron chi connectivity index (χ0n) is 18.2. The quantitative estimate of drug-likeness (QED) is 0.609. The summed E-state index contributed by atoms with van der Waals surface area (Å²) in [5, 5.41) is 12.3. The molecule has 0 aliphatic carbocycles. The van der Waals surface area contributed by atoms with Crippen molar-refractivity contribution in [1.29, 1.82) is 0 Å². The zero-order valence-corrected chi connectivity index (χ0v) is 20.5. The first-order valence-electron chi connectivity index (χ1n) is 10.3. The van der Waals surface area contributed by atoms with Crippen LogP contribution in [0.1, 0.15) is 12.8 Å². The average molecular weight is 520 g/mol. The predicted octanol–water partition coefficient (Wildman–Crippen LogP) is 1.80. The first-order valence-corrected chi connectivity index (χ1v) is 11.5. The van der Waals surface area contributed by atoms with Crippen molar-refractivity contribution in [2.45, 2.75) is 12.8 Å². The average Bonchev–Trinajstić information content (AvgIpc) is 2.79. The second-order valence-corrected chi connectivity index (χ2v) is 8.58. The number of piperazine rings is 1. The number of hydrogen-bond acceptors (Lipinski definition) is 11. The van der Waals surface area contributed by atoms with Crippen LogP contribution in [0.2, 0.25) is 15.9 Å². The van der Waals surface area contributed by atoms with E-state index in [9.17, 15) is 9.90 Å². The van der Waals surface area contributed by atoms with E-state index in [0.29, 0.717) is 30.8 Å². The van der Waals surface area contributed by atoms with E-state index in [-0.39, 0.29) is 21.8 Å². The number of likely N-dealkylation sites (N-methyl/N-ethyl adjacent to an activating group) is 1. The number of anilines is 3. The SMILES string of the molecule is CNc1nc(N2CCN(C)CC2)nc(N2CCCC(C(=O)O)C2)n1.Clc1nc(Cl)nc(Cl)n1. The Balaban J connectivity index is 0.000000286. The number of hydrogen-bond donors (Lipinski definition) is 2. The van der Waals surface area contributed by atoms with Crippen molar-refractivity contribution in [1.82, 2.24) is 34.8 Å². The molecule has 4 rings (SSSR count). The van der Waals surface area contributed by atoms with E-state index in [0.717, 1.165) is 39.1 Å². The summed E-state index contributed by atoms with van der Waals surface area (Å²) in [5.74, 6) is 0.637. The number of carboxylic acid groups (broad SMARTS) is 1. The Morgan fingerprint density at radius 1 is 0.879 bits per heavy atom. The number of carboxylic acids is 1. The van der Waals surface area contributed by atoms with Gasteiger partial charge < -0.3 is 25.1 Å². The first kappa shape index (κ1) is 25.3. The summed E-state index contributed by atoms with van der Waals surface area (Å²) >= 11 is 16.0. The van der Waals surface area contributed by atoms with Gasteiger partial charge in [-0.2, -0.15) is 29.9 Å². The third kappa shape index (κ3) is 7.36. The minimum absolute atomic E-state index is 0.000000000000000444. The standard InChI is InChI=1S/C15H25N7O2.C3Cl3N3/c1-16-13-17-14(21-8-6-20(2)7-9-21)19-15(18-13)22-5-3-4-11(10-22)12(23)24;4-1-7-2(5)9-3(6)8-1/h11H,3-10H2,1-2H3,(H,23,24)(H,16,17,18,19);. The van der Waals surface area contributed by atoms with Crippen LogP contribution in [0.15, 0.2) is 0 Å². The molecule has 0 spiro atoms. The number of rotatable bonds is 4. The molecular formula is C18H25Cl3N10O2. The summed E-state index contributed by atoms with van der Waals surface area (Å²) in [5.41, 5.74) is 0. The van der Waals surface area contributed by atoms with Gasteiger partial charge in [0, 0.05) is 46.3 Å². The fraction of sp³-hybridized carbons (Fsp3) is 0.611. The van der Waals surface area contributed by atoms with Crippen molar-refractivity contribution >= 4 is 58.6 Å². The highest BCUT2D eigenvalue weighted by atomic mass is 35.5. The summed E-state index contributed by atoms with van der Waals surface area (Å²) in [4.78, 5) is 41.6. The minimum Gasteiger partial charge on any atom is -0.481 e. The summed E-state index contributed by atoms with van der Waals surface area (Å²) < 4.78 is 0. The van der Waals surface area contributed by atoms with Crippen LogP contribution in [0.3, 0.4) is 0 Å². The van der Waals surface area contributed by atoms with Crippen LogP contribution < -0.4 is 15.1 Å². The molecule has 15 heteroatoms. The lowest BCUT2D eigenvalue weighted by atomic mass is 9.99. The Morgan fingerprint density at radius 2 is 1.42 bits per heavy atom. The van der Waals surface area contributed by atoms with Gasteiger partial charge in [0.15, 0.2) is 0 Å². The number of piperidine rings is 1. The van der Waals surface area contributed by atoms with Gasteiger partial charge in [0.25, 0.3) is 0 Å². The number of carbonyl (C=O) groups is 1. The number of nitrogens with one attached hydrogen (secondary N) is 1. The van der Waals surface area contributed by atoms with Crippen LogP contribution in [0.4, 0.5) is 17.8 Å². The van der Waals surface area contributed by atoms with Crippen molar-refractivity contribution in [3.8, 4) is 0 Å². The molecule has 0 radical (unpaired) electrons. The smallest absolute Gasteiger partial charge is 0.308 e. The molecule has 1 unspecified atom stereocenters. The minimum atomic E-state index is -0.748. The normalized spacial score (nSPS) is 19.0. The molecular weight excluding hydrogens is 495 g/mol. The van der Waals surface area contributed by atoms with Gasteiger partial charge in [-0.05, 0) is 54.7 Å². The van der Waals surface area contributed by atoms with Crippen molar-refractivity contribution in [2.75, 3.05) is 68.5 Å². The third-order valence-electron chi connectivity index (χ3n) is 5.23. The number of halogens is 3. The van der Waals surface area contributed by atoms with Crippen LogP contribution in [-0.2, 0) is 4.79 Å². The van der Waals surface area contributed by atoms with Gasteiger partial charge in [-0.25, -0.2) is 0 Å². The number of nitrogens with zero attached hydrogens (tertiary/aromatic N) is 9. The van der Waals surface area contributed by atoms with Crippen LogP contribution in [-0.4, -0.2) is 99.2 Å². The van der Waals surface area contributed by atoms with E-state index in [1.807, 2.05) is 4.90 Å². The molecule has 180 valence electrons. The molecule has 4 heterocycles. The Hall–Kier alpha value is -2.28. The molecule has 12 nitrogen and oxygen atoms in total. The highest BCUT2D eigenvalue weighted by Crippen LogP contribution is 2.23. The van der Waals surface area contributed by atoms with E-state index >= 15 is 0 Å². The van der Waals surface area contributed by atoms with Crippen molar-refractivity contribution < 1.29 is 9.90 Å². The number of aromatic nitrogens is 6. The molecule has 2 aliphatic heterocycles. The Labute approximate surface area is 206 Å². The number of aliphatic carboxylic acids is 1. The Kier molecular flexibility index (Phi) is 9.01. The summed E-state index contributed by atoms with van der Waals surface area (Å²) in [7, 11) is 3.89. The molecule has 2 N–H and O–H groups in total. The fourth-order valence-corrected chi connectivity index (χ4v) is 4.03. The molecule has 1 atom stereocenters. The molecule has 2 aromatic rings. The maximum absolute atomic E-state index is 11.3. The van der Waals surface area contributed by atoms with E-state index in [2.05, 4.69) is 52.1 Å². The third-order valence-corrected chi connectivity index (χ3v) is 5.74. The topological polar surface area (TPSA) is 136 Å². The van der Waals surface area contributed by atoms with Crippen molar-refractivity contribution in [2.24, 2.45) is 5.92 Å². The van der Waals surface area contributed by atoms with Gasteiger partial charge in [-0.3, -0.25) is 4.79 Å². The van der Waals surface area contributed by atoms with Gasteiger partial charge in [-0.1, -0.05) is 0 Å². The van der Waals surface area contributed by atoms with Gasteiger partial charge in [0.2, 0.25) is 33.7 Å². The molecule has 2 aromatic heterocycles. The van der Waals surface area contributed by atoms with Gasteiger partial charge in [0.1, 0.15) is 0 Å².